The van der Waals surface area contributed by atoms with Crippen molar-refractivity contribution in [2.45, 2.75) is 44.2 Å². The van der Waals surface area contributed by atoms with E-state index in [1.54, 1.807) is 0 Å². The smallest absolute Gasteiger partial charge is 0.406 e. The minimum atomic E-state index is -4.75. The van der Waals surface area contributed by atoms with Crippen molar-refractivity contribution in [2.24, 2.45) is 0 Å². The van der Waals surface area contributed by atoms with Gasteiger partial charge in [0.1, 0.15) is 5.75 Å². The summed E-state index contributed by atoms with van der Waals surface area (Å²) in [7, 11) is 0. The second-order valence-corrected chi connectivity index (χ2v) is 5.00. The SMILES string of the molecule is O=C(N[C@H]1CCCC[C@@H]1O)c1ccc(OC(F)(F)F)cc1. The summed E-state index contributed by atoms with van der Waals surface area (Å²) in [6, 6.07) is 4.37. The Morgan fingerprint density at radius 2 is 1.81 bits per heavy atom. The minimum absolute atomic E-state index is 0.224. The fourth-order valence-electron chi connectivity index (χ4n) is 2.34. The number of benzene rings is 1. The average Bonchev–Trinajstić information content (AvgIpc) is 2.40. The Hall–Kier alpha value is -1.76. The maximum atomic E-state index is 12.0. The first-order chi connectivity index (χ1) is 9.85. The Labute approximate surface area is 119 Å². The molecule has 2 rings (SSSR count). The van der Waals surface area contributed by atoms with Gasteiger partial charge < -0.3 is 15.2 Å². The molecular weight excluding hydrogens is 287 g/mol. The van der Waals surface area contributed by atoms with Gasteiger partial charge in [0, 0.05) is 5.56 Å². The van der Waals surface area contributed by atoms with Gasteiger partial charge in [0.2, 0.25) is 0 Å². The summed E-state index contributed by atoms with van der Waals surface area (Å²) in [6.45, 7) is 0. The lowest BCUT2D eigenvalue weighted by atomic mass is 9.92. The molecule has 0 saturated heterocycles. The van der Waals surface area contributed by atoms with Crippen LogP contribution in [0.5, 0.6) is 5.75 Å². The number of carbonyl (C=O) groups is 1. The first kappa shape index (κ1) is 15.6. The highest BCUT2D eigenvalue weighted by Gasteiger charge is 2.31. The maximum absolute atomic E-state index is 12.0. The molecule has 1 aromatic carbocycles. The highest BCUT2D eigenvalue weighted by molar-refractivity contribution is 5.94. The highest BCUT2D eigenvalue weighted by Crippen LogP contribution is 2.23. The summed E-state index contributed by atoms with van der Waals surface area (Å²) in [5.74, 6) is -0.795. The summed E-state index contributed by atoms with van der Waals surface area (Å²) in [4.78, 5) is 12.0. The van der Waals surface area contributed by atoms with E-state index in [2.05, 4.69) is 10.1 Å². The zero-order chi connectivity index (χ0) is 15.5. The third kappa shape index (κ3) is 4.63. The molecule has 0 unspecified atom stereocenters. The van der Waals surface area contributed by atoms with E-state index >= 15 is 0 Å². The van der Waals surface area contributed by atoms with Crippen LogP contribution in [-0.2, 0) is 0 Å². The molecule has 1 aliphatic rings. The van der Waals surface area contributed by atoms with Crippen LogP contribution < -0.4 is 10.1 Å². The van der Waals surface area contributed by atoms with Crippen molar-refractivity contribution < 1.29 is 27.8 Å². The molecule has 2 N–H and O–H groups in total. The summed E-state index contributed by atoms with van der Waals surface area (Å²) in [5.41, 5.74) is 0.224. The number of nitrogens with one attached hydrogen (secondary N) is 1. The number of carbonyl (C=O) groups excluding carboxylic acids is 1. The van der Waals surface area contributed by atoms with Crippen LogP contribution in [0.15, 0.2) is 24.3 Å². The molecule has 0 bridgehead atoms. The van der Waals surface area contributed by atoms with Crippen LogP contribution in [0.25, 0.3) is 0 Å². The Bertz CT molecular complexity index is 487. The predicted molar refractivity (Wildman–Crippen MR) is 68.9 cm³/mol. The largest absolute Gasteiger partial charge is 0.573 e. The Balaban J connectivity index is 1.96. The molecule has 0 aromatic heterocycles. The molecule has 0 heterocycles. The number of amides is 1. The minimum Gasteiger partial charge on any atom is -0.406 e. The van der Waals surface area contributed by atoms with Crippen LogP contribution in [-0.4, -0.2) is 29.5 Å². The van der Waals surface area contributed by atoms with E-state index in [0.717, 1.165) is 25.0 Å². The van der Waals surface area contributed by atoms with Crippen molar-refractivity contribution in [1.29, 1.82) is 0 Å². The third-order valence-corrected chi connectivity index (χ3v) is 3.40. The van der Waals surface area contributed by atoms with Crippen molar-refractivity contribution in [1.82, 2.24) is 5.32 Å². The van der Waals surface area contributed by atoms with Gasteiger partial charge in [-0.1, -0.05) is 12.8 Å². The Morgan fingerprint density at radius 1 is 1.19 bits per heavy atom. The number of aliphatic hydroxyl groups excluding tert-OH is 1. The van der Waals surface area contributed by atoms with E-state index < -0.39 is 18.4 Å². The molecule has 4 nitrogen and oxygen atoms in total. The molecule has 2 atom stereocenters. The summed E-state index contributed by atoms with van der Waals surface area (Å²) < 4.78 is 39.8. The summed E-state index contributed by atoms with van der Waals surface area (Å²) in [6.07, 6.45) is -2.13. The second-order valence-electron chi connectivity index (χ2n) is 5.00. The molecular formula is C14H16F3NO3. The molecule has 1 aliphatic carbocycles. The Kier molecular flexibility index (Phi) is 4.72. The maximum Gasteiger partial charge on any atom is 0.573 e. The lowest BCUT2D eigenvalue weighted by molar-refractivity contribution is -0.274. The van der Waals surface area contributed by atoms with E-state index in [-0.39, 0.29) is 17.4 Å². The van der Waals surface area contributed by atoms with Crippen molar-refractivity contribution in [3.05, 3.63) is 29.8 Å². The van der Waals surface area contributed by atoms with E-state index in [1.807, 2.05) is 0 Å². The quantitative estimate of drug-likeness (QED) is 0.902. The molecule has 7 heteroatoms. The topological polar surface area (TPSA) is 58.6 Å². The number of hydrogen-bond acceptors (Lipinski definition) is 3. The van der Waals surface area contributed by atoms with Gasteiger partial charge in [-0.3, -0.25) is 4.79 Å². The van der Waals surface area contributed by atoms with Gasteiger partial charge in [0.05, 0.1) is 12.1 Å². The number of hydrogen-bond donors (Lipinski definition) is 2. The van der Waals surface area contributed by atoms with Crippen LogP contribution >= 0.6 is 0 Å². The highest BCUT2D eigenvalue weighted by atomic mass is 19.4. The van der Waals surface area contributed by atoms with Gasteiger partial charge in [-0.25, -0.2) is 0 Å². The normalized spacial score (nSPS) is 22.7. The molecule has 21 heavy (non-hydrogen) atoms. The summed E-state index contributed by atoms with van der Waals surface area (Å²) in [5, 5.41) is 12.5. The van der Waals surface area contributed by atoms with Crippen molar-refractivity contribution in [2.75, 3.05) is 0 Å². The summed E-state index contributed by atoms with van der Waals surface area (Å²) >= 11 is 0. The van der Waals surface area contributed by atoms with Crippen LogP contribution in [0, 0.1) is 0 Å². The molecule has 0 aliphatic heterocycles. The van der Waals surface area contributed by atoms with Gasteiger partial charge in [-0.05, 0) is 37.1 Å². The van der Waals surface area contributed by atoms with Crippen LogP contribution in [0.4, 0.5) is 13.2 Å². The first-order valence-electron chi connectivity index (χ1n) is 6.70. The molecule has 0 radical (unpaired) electrons. The average molecular weight is 303 g/mol. The lowest BCUT2D eigenvalue weighted by Gasteiger charge is -2.28. The van der Waals surface area contributed by atoms with Crippen LogP contribution in [0.3, 0.4) is 0 Å². The van der Waals surface area contributed by atoms with E-state index in [1.165, 1.54) is 12.1 Å². The fourth-order valence-corrected chi connectivity index (χ4v) is 2.34. The molecule has 1 amide bonds. The number of rotatable bonds is 3. The molecule has 1 fully saturated rings. The molecule has 0 spiro atoms. The standard InChI is InChI=1S/C14H16F3NO3/c15-14(16,17)21-10-7-5-9(6-8-10)13(20)18-11-3-1-2-4-12(11)19/h5-8,11-12,19H,1-4H2,(H,18,20)/t11-,12-/m0/s1. The first-order valence-corrected chi connectivity index (χ1v) is 6.70. The van der Waals surface area contributed by atoms with Crippen molar-refractivity contribution in [3.63, 3.8) is 0 Å². The third-order valence-electron chi connectivity index (χ3n) is 3.40. The van der Waals surface area contributed by atoms with E-state index in [4.69, 9.17) is 0 Å². The van der Waals surface area contributed by atoms with Gasteiger partial charge in [0.25, 0.3) is 5.91 Å². The van der Waals surface area contributed by atoms with Crippen LogP contribution in [0.1, 0.15) is 36.0 Å². The number of ether oxygens (including phenoxy) is 1. The lowest BCUT2D eigenvalue weighted by Crippen LogP contribution is -2.45. The zero-order valence-electron chi connectivity index (χ0n) is 11.2. The monoisotopic (exact) mass is 303 g/mol. The van der Waals surface area contributed by atoms with Crippen molar-refractivity contribution in [3.8, 4) is 5.75 Å². The van der Waals surface area contributed by atoms with Gasteiger partial charge in [0.15, 0.2) is 0 Å². The molecule has 116 valence electrons. The van der Waals surface area contributed by atoms with Gasteiger partial charge in [-0.15, -0.1) is 13.2 Å². The molecule has 1 aromatic rings. The fraction of sp³-hybridized carbons (Fsp3) is 0.500. The number of halogens is 3. The number of alkyl halides is 3. The number of aliphatic hydroxyl groups is 1. The van der Waals surface area contributed by atoms with Crippen molar-refractivity contribution >= 4 is 5.91 Å². The van der Waals surface area contributed by atoms with Crippen LogP contribution in [0.2, 0.25) is 0 Å². The van der Waals surface area contributed by atoms with E-state index in [0.29, 0.717) is 12.8 Å². The molecule has 1 saturated carbocycles. The van der Waals surface area contributed by atoms with Gasteiger partial charge >= 0.3 is 6.36 Å². The van der Waals surface area contributed by atoms with Gasteiger partial charge in [-0.2, -0.15) is 0 Å². The predicted octanol–water partition coefficient (Wildman–Crippen LogP) is 2.62. The zero-order valence-corrected chi connectivity index (χ0v) is 11.2. The second kappa shape index (κ2) is 6.34. The Morgan fingerprint density at radius 3 is 2.38 bits per heavy atom. The van der Waals surface area contributed by atoms with E-state index in [9.17, 15) is 23.1 Å².